The van der Waals surface area contributed by atoms with Crippen LogP contribution in [0, 0.1) is 0 Å². The first-order chi connectivity index (χ1) is 12.2. The summed E-state index contributed by atoms with van der Waals surface area (Å²) in [6.45, 7) is 0.847. The van der Waals surface area contributed by atoms with Crippen LogP contribution < -0.4 is 4.74 Å². The molecule has 1 aliphatic heterocycles. The molecule has 2 aromatic rings. The van der Waals surface area contributed by atoms with Crippen molar-refractivity contribution in [1.29, 1.82) is 0 Å². The van der Waals surface area contributed by atoms with E-state index in [1.165, 1.54) is 11.1 Å². The molecule has 1 amide bonds. The summed E-state index contributed by atoms with van der Waals surface area (Å²) in [5.74, 6) is 2.01. The normalized spacial score (nSPS) is 16.9. The van der Waals surface area contributed by atoms with E-state index in [0.717, 1.165) is 42.9 Å². The zero-order valence-electron chi connectivity index (χ0n) is 14.9. The Bertz CT molecular complexity index is 714. The van der Waals surface area contributed by atoms with Crippen molar-refractivity contribution in [3.63, 3.8) is 0 Å². The molecule has 3 nitrogen and oxygen atoms in total. The molecule has 0 spiro atoms. The Morgan fingerprint density at radius 1 is 1.20 bits per heavy atom. The minimum atomic E-state index is 0.154. The van der Waals surface area contributed by atoms with Gasteiger partial charge in [-0.25, -0.2) is 0 Å². The first-order valence-corrected chi connectivity index (χ1v) is 10.1. The van der Waals surface area contributed by atoms with Crippen LogP contribution in [-0.2, 0) is 12.2 Å². The lowest BCUT2D eigenvalue weighted by Crippen LogP contribution is -2.36. The van der Waals surface area contributed by atoms with Gasteiger partial charge in [-0.1, -0.05) is 24.3 Å². The monoisotopic (exact) mass is 355 g/mol. The zero-order chi connectivity index (χ0) is 17.6. The molecule has 0 aromatic heterocycles. The van der Waals surface area contributed by atoms with Crippen LogP contribution in [-0.4, -0.2) is 36.8 Å². The molecule has 3 rings (SSSR count). The van der Waals surface area contributed by atoms with Gasteiger partial charge in [0.15, 0.2) is 0 Å². The number of likely N-dealkylation sites (tertiary alicyclic amines) is 1. The molecule has 4 heteroatoms. The van der Waals surface area contributed by atoms with Gasteiger partial charge in [-0.2, -0.15) is 11.8 Å². The fraction of sp³-hybridized carbons (Fsp3) is 0.381. The van der Waals surface area contributed by atoms with Crippen molar-refractivity contribution in [2.75, 3.05) is 19.9 Å². The number of ether oxygens (including phenoxy) is 1. The van der Waals surface area contributed by atoms with Gasteiger partial charge < -0.3 is 9.64 Å². The molecule has 25 heavy (non-hydrogen) atoms. The van der Waals surface area contributed by atoms with Gasteiger partial charge in [0.05, 0.1) is 7.11 Å². The van der Waals surface area contributed by atoms with Gasteiger partial charge in [0, 0.05) is 23.9 Å². The highest BCUT2D eigenvalue weighted by molar-refractivity contribution is 7.97. The van der Waals surface area contributed by atoms with Gasteiger partial charge >= 0.3 is 0 Å². The quantitative estimate of drug-likeness (QED) is 0.769. The smallest absolute Gasteiger partial charge is 0.254 e. The van der Waals surface area contributed by atoms with Crippen molar-refractivity contribution in [3.05, 3.63) is 65.2 Å². The number of methoxy groups -OCH3 is 1. The number of carbonyl (C=O) groups excluding carboxylic acids is 1. The summed E-state index contributed by atoms with van der Waals surface area (Å²) < 4.78 is 5.31. The zero-order valence-corrected chi connectivity index (χ0v) is 15.7. The number of rotatable bonds is 6. The van der Waals surface area contributed by atoms with Crippen LogP contribution >= 0.6 is 11.8 Å². The Hall–Kier alpha value is -1.94. The molecule has 1 fully saturated rings. The van der Waals surface area contributed by atoms with Crippen molar-refractivity contribution in [3.8, 4) is 5.75 Å². The van der Waals surface area contributed by atoms with Crippen LogP contribution in [0.4, 0.5) is 0 Å². The van der Waals surface area contributed by atoms with E-state index in [1.54, 1.807) is 18.9 Å². The highest BCUT2D eigenvalue weighted by Crippen LogP contribution is 2.25. The summed E-state index contributed by atoms with van der Waals surface area (Å²) in [6.07, 6.45) is 5.11. The maximum atomic E-state index is 12.9. The predicted octanol–water partition coefficient (Wildman–Crippen LogP) is 4.41. The number of carbonyl (C=O) groups is 1. The Morgan fingerprint density at radius 2 is 2.00 bits per heavy atom. The summed E-state index contributed by atoms with van der Waals surface area (Å²) in [6, 6.07) is 16.5. The van der Waals surface area contributed by atoms with Gasteiger partial charge in [0.2, 0.25) is 0 Å². The van der Waals surface area contributed by atoms with Crippen molar-refractivity contribution in [2.24, 2.45) is 0 Å². The number of benzene rings is 2. The fourth-order valence-electron chi connectivity index (χ4n) is 3.46. The Kier molecular flexibility index (Phi) is 6.03. The van der Waals surface area contributed by atoms with E-state index in [-0.39, 0.29) is 11.9 Å². The minimum Gasteiger partial charge on any atom is -0.497 e. The van der Waals surface area contributed by atoms with Crippen LogP contribution in [0.1, 0.15) is 34.3 Å². The molecule has 1 atom stereocenters. The number of hydrogen-bond donors (Lipinski definition) is 0. The summed E-state index contributed by atoms with van der Waals surface area (Å²) in [5, 5.41) is 0. The molecular formula is C21H25NO2S. The van der Waals surface area contributed by atoms with Crippen LogP contribution in [0.5, 0.6) is 5.75 Å². The first-order valence-electron chi connectivity index (χ1n) is 8.73. The Morgan fingerprint density at radius 3 is 2.72 bits per heavy atom. The number of thioether (sulfide) groups is 1. The van der Waals surface area contributed by atoms with Crippen molar-refractivity contribution in [2.45, 2.75) is 31.1 Å². The van der Waals surface area contributed by atoms with E-state index in [4.69, 9.17) is 4.74 Å². The number of nitrogens with zero attached hydrogens (tertiary/aromatic N) is 1. The molecule has 132 valence electrons. The van der Waals surface area contributed by atoms with Crippen LogP contribution in [0.15, 0.2) is 48.5 Å². The van der Waals surface area contributed by atoms with Crippen LogP contribution in [0.25, 0.3) is 0 Å². The van der Waals surface area contributed by atoms with Crippen LogP contribution in [0.3, 0.4) is 0 Å². The van der Waals surface area contributed by atoms with Crippen molar-refractivity contribution in [1.82, 2.24) is 4.90 Å². The van der Waals surface area contributed by atoms with E-state index in [1.807, 2.05) is 29.2 Å². The lowest BCUT2D eigenvalue weighted by atomic mass is 10.0. The van der Waals surface area contributed by atoms with E-state index < -0.39 is 0 Å². The molecule has 2 aromatic carbocycles. The van der Waals surface area contributed by atoms with E-state index in [9.17, 15) is 4.79 Å². The van der Waals surface area contributed by atoms with Gasteiger partial charge in [0.25, 0.3) is 5.91 Å². The maximum absolute atomic E-state index is 12.9. The van der Waals surface area contributed by atoms with Crippen LogP contribution in [0.2, 0.25) is 0 Å². The average Bonchev–Trinajstić information content (AvgIpc) is 3.10. The lowest BCUT2D eigenvalue weighted by Gasteiger charge is -2.25. The second kappa shape index (κ2) is 8.43. The number of hydrogen-bond acceptors (Lipinski definition) is 3. The van der Waals surface area contributed by atoms with Gasteiger partial charge in [-0.15, -0.1) is 0 Å². The second-order valence-corrected chi connectivity index (χ2v) is 7.35. The standard InChI is InChI=1S/C21H25NO2S/c1-24-20-7-3-5-17(14-20)13-19-6-4-12-22(19)21(23)18-10-8-16(9-11-18)15-25-2/h3,5,7-11,14,19H,4,6,12-13,15H2,1-2H3. The molecular weight excluding hydrogens is 330 g/mol. The molecule has 0 saturated carbocycles. The third-order valence-electron chi connectivity index (χ3n) is 4.76. The Balaban J connectivity index is 1.70. The van der Waals surface area contributed by atoms with Crippen molar-refractivity contribution < 1.29 is 9.53 Å². The maximum Gasteiger partial charge on any atom is 0.254 e. The van der Waals surface area contributed by atoms with Gasteiger partial charge in [-0.05, 0) is 60.9 Å². The minimum absolute atomic E-state index is 0.154. The molecule has 1 heterocycles. The summed E-state index contributed by atoms with van der Waals surface area (Å²) in [4.78, 5) is 15.0. The summed E-state index contributed by atoms with van der Waals surface area (Å²) >= 11 is 1.79. The van der Waals surface area contributed by atoms with E-state index >= 15 is 0 Å². The summed E-state index contributed by atoms with van der Waals surface area (Å²) in [5.41, 5.74) is 3.28. The lowest BCUT2D eigenvalue weighted by molar-refractivity contribution is 0.0736. The molecule has 0 aliphatic carbocycles. The second-order valence-electron chi connectivity index (χ2n) is 6.48. The average molecular weight is 356 g/mol. The summed E-state index contributed by atoms with van der Waals surface area (Å²) in [7, 11) is 1.69. The topological polar surface area (TPSA) is 29.5 Å². The van der Waals surface area contributed by atoms with Gasteiger partial charge in [-0.3, -0.25) is 4.79 Å². The predicted molar refractivity (Wildman–Crippen MR) is 104 cm³/mol. The van der Waals surface area contributed by atoms with Gasteiger partial charge in [0.1, 0.15) is 5.75 Å². The third kappa shape index (κ3) is 4.37. The first kappa shape index (κ1) is 17.9. The van der Waals surface area contributed by atoms with Crippen molar-refractivity contribution >= 4 is 17.7 Å². The van der Waals surface area contributed by atoms with E-state index in [0.29, 0.717) is 0 Å². The number of amides is 1. The van der Waals surface area contributed by atoms with E-state index in [2.05, 4.69) is 30.5 Å². The molecule has 1 aliphatic rings. The largest absolute Gasteiger partial charge is 0.497 e. The molecule has 1 unspecified atom stereocenters. The molecule has 0 bridgehead atoms. The SMILES string of the molecule is COc1cccc(CC2CCCN2C(=O)c2ccc(CSC)cc2)c1. The molecule has 0 radical (unpaired) electrons. The fourth-order valence-corrected chi connectivity index (χ4v) is 3.99. The highest BCUT2D eigenvalue weighted by atomic mass is 32.2. The highest BCUT2D eigenvalue weighted by Gasteiger charge is 2.29. The Labute approximate surface area is 154 Å². The third-order valence-corrected chi connectivity index (χ3v) is 5.38. The molecule has 1 saturated heterocycles. The molecule has 0 N–H and O–H groups in total.